The summed E-state index contributed by atoms with van der Waals surface area (Å²) in [6.45, 7) is 6.60. The molecule has 6 aromatic carbocycles. The molecular weight excluding hydrogens is 704 g/mol. The quantitative estimate of drug-likeness (QED) is 0.0607. The largest absolute Gasteiger partial charge is 0.492 e. The zero-order valence-electron chi connectivity index (χ0n) is 33.8. The average Bonchev–Trinajstić information content (AvgIpc) is 3.26. The molecule has 0 aliphatic heterocycles. The van der Waals surface area contributed by atoms with E-state index >= 15 is 4.39 Å². The Morgan fingerprint density at radius 1 is 0.456 bits per heavy atom. The van der Waals surface area contributed by atoms with Crippen LogP contribution in [0.15, 0.2) is 170 Å². The fourth-order valence-corrected chi connectivity index (χ4v) is 7.26. The van der Waals surface area contributed by atoms with Crippen LogP contribution in [-0.2, 0) is 0 Å². The smallest absolute Gasteiger partial charge is 0.166 e. The van der Waals surface area contributed by atoms with Crippen molar-refractivity contribution in [1.29, 1.82) is 0 Å². The summed E-state index contributed by atoms with van der Waals surface area (Å²) in [4.78, 5) is 3.67. The molecule has 0 aromatic heterocycles. The molecule has 0 amide bonds. The molecule has 5 heteroatoms. The van der Waals surface area contributed by atoms with Gasteiger partial charge in [0.25, 0.3) is 0 Å². The number of allylic oxidation sites excluding steroid dienone is 2. The first-order valence-electron chi connectivity index (χ1n) is 20.1. The summed E-state index contributed by atoms with van der Waals surface area (Å²) in [5.41, 5.74) is 12.2. The number of likely N-dealkylation sites (N-methyl/N-ethyl adjacent to an activating group) is 2. The number of benzene rings is 6. The molecule has 0 radical (unpaired) electrons. The van der Waals surface area contributed by atoms with Gasteiger partial charge in [-0.2, -0.15) is 0 Å². The lowest BCUT2D eigenvalue weighted by atomic mass is 9.88. The molecule has 0 bridgehead atoms. The van der Waals surface area contributed by atoms with Crippen LogP contribution in [0.5, 0.6) is 11.5 Å². The summed E-state index contributed by atoms with van der Waals surface area (Å²) >= 11 is 0. The maximum atomic E-state index is 15.3. The van der Waals surface area contributed by atoms with Crippen LogP contribution < -0.4 is 9.47 Å². The molecule has 6 aromatic rings. The van der Waals surface area contributed by atoms with Crippen molar-refractivity contribution in [1.82, 2.24) is 9.80 Å². The molecule has 6 rings (SSSR count). The first-order chi connectivity index (χ1) is 27.9. The van der Waals surface area contributed by atoms with Gasteiger partial charge in [-0.25, -0.2) is 4.39 Å². The van der Waals surface area contributed by atoms with Crippen molar-refractivity contribution in [3.05, 3.63) is 203 Å². The molecule has 0 saturated carbocycles. The molecule has 1 atom stereocenters. The normalized spacial score (nSPS) is 12.9. The number of hydrogen-bond donors (Lipinski definition) is 0. The van der Waals surface area contributed by atoms with Crippen molar-refractivity contribution in [2.75, 3.05) is 46.9 Å². The van der Waals surface area contributed by atoms with Gasteiger partial charge in [-0.05, 0) is 107 Å². The molecule has 0 saturated heterocycles. The Hall–Kier alpha value is -5.75. The topological polar surface area (TPSA) is 24.9 Å². The minimum atomic E-state index is -1.13. The third-order valence-corrected chi connectivity index (χ3v) is 10.4. The third kappa shape index (κ3) is 11.2. The summed E-state index contributed by atoms with van der Waals surface area (Å²) in [5.74, 6) is 1.56. The molecule has 57 heavy (non-hydrogen) atoms. The lowest BCUT2D eigenvalue weighted by Gasteiger charge is -2.26. The number of hydrogen-bond acceptors (Lipinski definition) is 4. The Morgan fingerprint density at radius 2 is 0.789 bits per heavy atom. The fraction of sp³-hybridized carbons (Fsp3) is 0.231. The Labute approximate surface area is 339 Å². The maximum absolute atomic E-state index is 15.3. The molecule has 4 nitrogen and oxygen atoms in total. The van der Waals surface area contributed by atoms with E-state index in [1.807, 2.05) is 42.3 Å². The van der Waals surface area contributed by atoms with Crippen LogP contribution in [-0.4, -0.2) is 63.0 Å². The summed E-state index contributed by atoms with van der Waals surface area (Å²) in [6, 6.07) is 58.9. The van der Waals surface area contributed by atoms with Crippen molar-refractivity contribution in [2.24, 2.45) is 0 Å². The average molecular weight is 759 g/mol. The second-order valence-corrected chi connectivity index (χ2v) is 14.3. The van der Waals surface area contributed by atoms with E-state index in [-0.39, 0.29) is 6.54 Å². The van der Waals surface area contributed by atoms with E-state index in [2.05, 4.69) is 153 Å². The Balaban J connectivity index is 0.985. The Kier molecular flexibility index (Phi) is 15.0. The van der Waals surface area contributed by atoms with E-state index in [4.69, 9.17) is 9.47 Å². The summed E-state index contributed by atoms with van der Waals surface area (Å²) in [5, 5.41) is 0. The van der Waals surface area contributed by atoms with E-state index in [1.54, 1.807) is 11.9 Å². The van der Waals surface area contributed by atoms with Gasteiger partial charge in [0.15, 0.2) is 6.30 Å². The monoisotopic (exact) mass is 758 g/mol. The van der Waals surface area contributed by atoms with Gasteiger partial charge in [0.1, 0.15) is 24.7 Å². The van der Waals surface area contributed by atoms with Crippen molar-refractivity contribution < 1.29 is 13.9 Å². The number of nitrogens with zero attached hydrogens (tertiary/aromatic N) is 2. The van der Waals surface area contributed by atoms with Gasteiger partial charge in [-0.15, -0.1) is 0 Å². The molecule has 0 fully saturated rings. The van der Waals surface area contributed by atoms with Crippen LogP contribution in [0, 0.1) is 0 Å². The van der Waals surface area contributed by atoms with Crippen molar-refractivity contribution >= 4 is 22.3 Å². The van der Waals surface area contributed by atoms with Crippen LogP contribution >= 0.6 is 0 Å². The molecule has 0 aliphatic carbocycles. The van der Waals surface area contributed by atoms with Crippen LogP contribution in [0.4, 0.5) is 4.39 Å². The molecule has 0 heterocycles. The van der Waals surface area contributed by atoms with Crippen LogP contribution in [0.1, 0.15) is 60.1 Å². The minimum absolute atomic E-state index is 0.272. The number of ether oxygens (including phenoxy) is 2. The van der Waals surface area contributed by atoms with Gasteiger partial charge in [0, 0.05) is 19.6 Å². The SMILES string of the molecule is CC/C(=C(\c1ccccc1)c1ccc(OCCN(C)CC(F)N(C)CCOc2ccc(/C(=C(/CC)c3ccccc3)c3ccccc3)cc2)cc1)c1ccccc1. The molecule has 0 spiro atoms. The van der Waals surface area contributed by atoms with Gasteiger partial charge < -0.3 is 9.47 Å². The molecule has 1 unspecified atom stereocenters. The standard InChI is InChI=1S/C52H55FN2O2/c1-5-48(40-19-11-7-12-20-40)51(42-23-15-9-16-24-42)44-27-31-46(32-28-44)56-37-35-54(3)39-50(53)55(4)36-38-57-47-33-29-45(30-34-47)52(43-25-17-10-18-26-43)49(6-2)41-21-13-8-14-22-41/h7-34,50H,5-6,35-39H2,1-4H3/b51-48-,52-49-. The predicted molar refractivity (Wildman–Crippen MR) is 237 cm³/mol. The van der Waals surface area contributed by atoms with Crippen LogP contribution in [0.25, 0.3) is 22.3 Å². The van der Waals surface area contributed by atoms with Crippen molar-refractivity contribution in [2.45, 2.75) is 33.0 Å². The summed E-state index contributed by atoms with van der Waals surface area (Å²) in [7, 11) is 3.73. The molecule has 0 aliphatic rings. The van der Waals surface area contributed by atoms with E-state index in [1.165, 1.54) is 44.5 Å². The van der Waals surface area contributed by atoms with Gasteiger partial charge in [-0.1, -0.05) is 159 Å². The summed E-state index contributed by atoms with van der Waals surface area (Å²) < 4.78 is 27.5. The summed E-state index contributed by atoms with van der Waals surface area (Å²) in [6.07, 6.45) is 0.683. The molecule has 0 N–H and O–H groups in total. The number of alkyl halides is 1. The second kappa shape index (κ2) is 21.0. The van der Waals surface area contributed by atoms with Crippen LogP contribution in [0.2, 0.25) is 0 Å². The highest BCUT2D eigenvalue weighted by Crippen LogP contribution is 2.36. The fourth-order valence-electron chi connectivity index (χ4n) is 7.26. The lowest BCUT2D eigenvalue weighted by Crippen LogP contribution is -2.40. The molecule has 292 valence electrons. The molecular formula is C52H55FN2O2. The van der Waals surface area contributed by atoms with Gasteiger partial charge in [-0.3, -0.25) is 9.80 Å². The van der Waals surface area contributed by atoms with E-state index < -0.39 is 6.30 Å². The highest BCUT2D eigenvalue weighted by atomic mass is 19.1. The second-order valence-electron chi connectivity index (χ2n) is 14.3. The maximum Gasteiger partial charge on any atom is 0.166 e. The Bertz CT molecular complexity index is 2150. The van der Waals surface area contributed by atoms with Crippen molar-refractivity contribution in [3.63, 3.8) is 0 Å². The first kappa shape index (κ1) is 40.9. The van der Waals surface area contributed by atoms with Crippen LogP contribution in [0.3, 0.4) is 0 Å². The first-order valence-corrected chi connectivity index (χ1v) is 20.1. The van der Waals surface area contributed by atoms with Crippen molar-refractivity contribution in [3.8, 4) is 11.5 Å². The van der Waals surface area contributed by atoms with E-state index in [0.717, 1.165) is 35.5 Å². The zero-order valence-corrected chi connectivity index (χ0v) is 33.8. The van der Waals surface area contributed by atoms with E-state index in [0.29, 0.717) is 26.3 Å². The highest BCUT2D eigenvalue weighted by Gasteiger charge is 2.17. The highest BCUT2D eigenvalue weighted by molar-refractivity contribution is 5.99. The third-order valence-electron chi connectivity index (χ3n) is 10.4. The minimum Gasteiger partial charge on any atom is -0.492 e. The van der Waals surface area contributed by atoms with E-state index in [9.17, 15) is 0 Å². The lowest BCUT2D eigenvalue weighted by molar-refractivity contribution is 0.0599. The van der Waals surface area contributed by atoms with Gasteiger partial charge >= 0.3 is 0 Å². The number of halogens is 1. The van der Waals surface area contributed by atoms with Gasteiger partial charge in [0.05, 0.1) is 0 Å². The van der Waals surface area contributed by atoms with Gasteiger partial charge in [0.2, 0.25) is 0 Å². The zero-order chi connectivity index (χ0) is 39.8. The number of rotatable bonds is 19. The predicted octanol–water partition coefficient (Wildman–Crippen LogP) is 12.0. The Morgan fingerprint density at radius 3 is 1.16 bits per heavy atom.